The van der Waals surface area contributed by atoms with Gasteiger partial charge in [-0.15, -0.1) is 0 Å². The molecule has 2 heterocycles. The molecule has 0 aromatic heterocycles. The van der Waals surface area contributed by atoms with Gasteiger partial charge in [0.15, 0.2) is 0 Å². The number of nitrogens with zero attached hydrogens (tertiary/aromatic N) is 3. The third kappa shape index (κ3) is 5.62. The molecule has 2 fully saturated rings. The molecule has 1 unspecified atom stereocenters. The summed E-state index contributed by atoms with van der Waals surface area (Å²) in [4.78, 5) is 30.0. The molecule has 2 aromatic carbocycles. The zero-order chi connectivity index (χ0) is 27.4. The second kappa shape index (κ2) is 11.7. The summed E-state index contributed by atoms with van der Waals surface area (Å²) in [6.07, 6.45) is 2.31. The number of ketones is 1. The highest BCUT2D eigenvalue weighted by atomic mass is 32.2. The molecule has 38 heavy (non-hydrogen) atoms. The standard InChI is InChI=1S/C28H35N3O6S/c1-4-37-22-12-8-20(9-13-22)25-24(27(33)28(34)31(25)19-7-16-29(2)3)26(32)21-10-14-23(15-11-21)38(35,36)30-17-5-6-18-30/h8-15,25,32H,4-7,16-19H2,1-3H3/b26-24+. The van der Waals surface area contributed by atoms with Crippen molar-refractivity contribution in [1.82, 2.24) is 14.1 Å². The van der Waals surface area contributed by atoms with E-state index in [4.69, 9.17) is 4.74 Å². The molecule has 0 saturated carbocycles. The van der Waals surface area contributed by atoms with Crippen LogP contribution in [0.25, 0.3) is 5.76 Å². The Hall–Kier alpha value is -3.21. The van der Waals surface area contributed by atoms with E-state index in [1.54, 1.807) is 24.3 Å². The van der Waals surface area contributed by atoms with Gasteiger partial charge < -0.3 is 19.6 Å². The Labute approximate surface area is 224 Å². The molecule has 2 saturated heterocycles. The molecular weight excluding hydrogens is 506 g/mol. The van der Waals surface area contributed by atoms with E-state index in [-0.39, 0.29) is 21.8 Å². The van der Waals surface area contributed by atoms with Gasteiger partial charge in [0.25, 0.3) is 11.7 Å². The van der Waals surface area contributed by atoms with Crippen molar-refractivity contribution in [3.8, 4) is 5.75 Å². The van der Waals surface area contributed by atoms with Crippen molar-refractivity contribution in [2.24, 2.45) is 0 Å². The number of aliphatic hydroxyl groups excluding tert-OH is 1. The summed E-state index contributed by atoms with van der Waals surface area (Å²) < 4.78 is 32.8. The number of hydrogen-bond acceptors (Lipinski definition) is 7. The van der Waals surface area contributed by atoms with Gasteiger partial charge in [-0.1, -0.05) is 12.1 Å². The number of rotatable bonds is 10. The van der Waals surface area contributed by atoms with E-state index < -0.39 is 27.8 Å². The van der Waals surface area contributed by atoms with Crippen LogP contribution in [-0.4, -0.2) is 86.2 Å². The van der Waals surface area contributed by atoms with Crippen molar-refractivity contribution < 1.29 is 27.9 Å². The first-order valence-corrected chi connectivity index (χ1v) is 14.4. The van der Waals surface area contributed by atoms with Gasteiger partial charge in [-0.3, -0.25) is 9.59 Å². The summed E-state index contributed by atoms with van der Waals surface area (Å²) >= 11 is 0. The number of sulfonamides is 1. The topological polar surface area (TPSA) is 107 Å². The fourth-order valence-corrected chi connectivity index (χ4v) is 6.46. The molecule has 9 nitrogen and oxygen atoms in total. The van der Waals surface area contributed by atoms with Gasteiger partial charge in [0.05, 0.1) is 23.1 Å². The first-order valence-electron chi connectivity index (χ1n) is 12.9. The Kier molecular flexibility index (Phi) is 8.54. The lowest BCUT2D eigenvalue weighted by molar-refractivity contribution is -0.139. The summed E-state index contributed by atoms with van der Waals surface area (Å²) in [6.45, 7) is 4.43. The molecule has 2 aromatic rings. The molecule has 2 aliphatic heterocycles. The summed E-state index contributed by atoms with van der Waals surface area (Å²) in [7, 11) is 0.254. The summed E-state index contributed by atoms with van der Waals surface area (Å²) in [6, 6.07) is 12.2. The fourth-order valence-electron chi connectivity index (χ4n) is 4.95. The molecule has 204 valence electrons. The third-order valence-corrected chi connectivity index (χ3v) is 8.79. The molecular formula is C28H35N3O6S. The van der Waals surface area contributed by atoms with Gasteiger partial charge in [0.2, 0.25) is 10.0 Å². The van der Waals surface area contributed by atoms with Crippen molar-refractivity contribution in [3.05, 3.63) is 65.2 Å². The van der Waals surface area contributed by atoms with E-state index in [0.717, 1.165) is 19.4 Å². The van der Waals surface area contributed by atoms with Crippen molar-refractivity contribution in [3.63, 3.8) is 0 Å². The Morgan fingerprint density at radius 3 is 2.24 bits per heavy atom. The number of aliphatic hydroxyl groups is 1. The molecule has 2 aliphatic rings. The maximum atomic E-state index is 13.2. The first kappa shape index (κ1) is 27.8. The molecule has 0 aliphatic carbocycles. The minimum atomic E-state index is -3.62. The van der Waals surface area contributed by atoms with Crippen LogP contribution in [0.15, 0.2) is 59.0 Å². The smallest absolute Gasteiger partial charge is 0.295 e. The van der Waals surface area contributed by atoms with Gasteiger partial charge in [-0.25, -0.2) is 8.42 Å². The minimum absolute atomic E-state index is 0.0147. The number of ether oxygens (including phenoxy) is 1. The maximum absolute atomic E-state index is 13.2. The Bertz CT molecular complexity index is 1300. The average Bonchev–Trinajstić information content (AvgIpc) is 3.53. The summed E-state index contributed by atoms with van der Waals surface area (Å²) in [5.74, 6) is -1.10. The summed E-state index contributed by atoms with van der Waals surface area (Å²) in [5.41, 5.74) is 0.930. The molecule has 4 rings (SSSR count). The van der Waals surface area contributed by atoms with Crippen molar-refractivity contribution in [1.29, 1.82) is 0 Å². The fraction of sp³-hybridized carbons (Fsp3) is 0.429. The molecule has 10 heteroatoms. The first-order chi connectivity index (χ1) is 18.1. The van der Waals surface area contributed by atoms with Crippen LogP contribution in [-0.2, 0) is 19.6 Å². The van der Waals surface area contributed by atoms with Crippen LogP contribution in [0.5, 0.6) is 5.75 Å². The van der Waals surface area contributed by atoms with Crippen LogP contribution in [0.4, 0.5) is 0 Å². The quantitative estimate of drug-likeness (QED) is 0.280. The predicted molar refractivity (Wildman–Crippen MR) is 144 cm³/mol. The lowest BCUT2D eigenvalue weighted by atomic mass is 9.95. The molecule has 0 radical (unpaired) electrons. The third-order valence-electron chi connectivity index (χ3n) is 6.88. The van der Waals surface area contributed by atoms with E-state index >= 15 is 0 Å². The minimum Gasteiger partial charge on any atom is -0.507 e. The second-order valence-electron chi connectivity index (χ2n) is 9.79. The second-order valence-corrected chi connectivity index (χ2v) is 11.7. The van der Waals surface area contributed by atoms with Crippen LogP contribution in [0.2, 0.25) is 0 Å². The van der Waals surface area contributed by atoms with E-state index in [2.05, 4.69) is 0 Å². The van der Waals surface area contributed by atoms with Gasteiger partial charge >= 0.3 is 0 Å². The van der Waals surface area contributed by atoms with E-state index in [0.29, 0.717) is 44.0 Å². The van der Waals surface area contributed by atoms with Crippen LogP contribution in [0.3, 0.4) is 0 Å². The molecule has 1 amide bonds. The number of Topliss-reactive ketones (excluding diaryl/α,β-unsaturated/α-hetero) is 1. The highest BCUT2D eigenvalue weighted by molar-refractivity contribution is 7.89. The van der Waals surface area contributed by atoms with E-state index in [1.165, 1.54) is 33.5 Å². The van der Waals surface area contributed by atoms with Crippen LogP contribution in [0.1, 0.15) is 43.4 Å². The van der Waals surface area contributed by atoms with Crippen LogP contribution in [0, 0.1) is 0 Å². The largest absolute Gasteiger partial charge is 0.507 e. The monoisotopic (exact) mass is 541 g/mol. The van der Waals surface area contributed by atoms with Crippen LogP contribution >= 0.6 is 0 Å². The van der Waals surface area contributed by atoms with Gasteiger partial charge in [0.1, 0.15) is 11.5 Å². The number of carbonyl (C=O) groups excluding carboxylic acids is 2. The van der Waals surface area contributed by atoms with Crippen molar-refractivity contribution >= 4 is 27.5 Å². The maximum Gasteiger partial charge on any atom is 0.295 e. The zero-order valence-electron chi connectivity index (χ0n) is 22.1. The number of amides is 1. The van der Waals surface area contributed by atoms with Gasteiger partial charge in [-0.2, -0.15) is 4.31 Å². The van der Waals surface area contributed by atoms with Crippen molar-refractivity contribution in [2.45, 2.75) is 37.1 Å². The SMILES string of the molecule is CCOc1ccc(C2/C(=C(\O)c3ccc(S(=O)(=O)N4CCCC4)cc3)C(=O)C(=O)N2CCCN(C)C)cc1. The number of likely N-dealkylation sites (tertiary alicyclic amines) is 1. The zero-order valence-corrected chi connectivity index (χ0v) is 22.9. The van der Waals surface area contributed by atoms with E-state index in [9.17, 15) is 23.1 Å². The number of carbonyl (C=O) groups is 2. The Morgan fingerprint density at radius 1 is 1.03 bits per heavy atom. The van der Waals surface area contributed by atoms with Gasteiger partial charge in [0, 0.05) is 25.2 Å². The molecule has 1 N–H and O–H groups in total. The Morgan fingerprint density at radius 2 is 1.66 bits per heavy atom. The highest BCUT2D eigenvalue weighted by Crippen LogP contribution is 2.40. The average molecular weight is 542 g/mol. The predicted octanol–water partition coefficient (Wildman–Crippen LogP) is 3.24. The van der Waals surface area contributed by atoms with Gasteiger partial charge in [-0.05, 0) is 88.8 Å². The van der Waals surface area contributed by atoms with E-state index in [1.807, 2.05) is 25.9 Å². The lowest BCUT2D eigenvalue weighted by Crippen LogP contribution is -2.32. The number of benzene rings is 2. The molecule has 0 bridgehead atoms. The Balaban J connectivity index is 1.72. The summed E-state index contributed by atoms with van der Waals surface area (Å²) in [5, 5.41) is 11.3. The molecule has 1 atom stereocenters. The molecule has 0 spiro atoms. The van der Waals surface area contributed by atoms with Crippen LogP contribution < -0.4 is 4.74 Å². The normalized spacial score (nSPS) is 20.0. The van der Waals surface area contributed by atoms with Crippen molar-refractivity contribution in [2.75, 3.05) is 46.9 Å². The number of hydrogen-bond donors (Lipinski definition) is 1. The lowest BCUT2D eigenvalue weighted by Gasteiger charge is -2.26. The highest BCUT2D eigenvalue weighted by Gasteiger charge is 2.45.